The number of carbonyl (C=O) groups is 1. The Labute approximate surface area is 99.8 Å². The first-order valence-corrected chi connectivity index (χ1v) is 5.37. The third-order valence-electron chi connectivity index (χ3n) is 3.05. The van der Waals surface area contributed by atoms with E-state index in [1.54, 1.807) is 25.3 Å². The smallest absolute Gasteiger partial charge is 0.309 e. The molecular formula is C13H13NO3. The molecule has 0 saturated heterocycles. The van der Waals surface area contributed by atoms with E-state index in [9.17, 15) is 4.79 Å². The second-order valence-corrected chi connectivity index (χ2v) is 4.04. The standard InChI is InChI=1S/C13H13NO3/c1-16-12-4-3-8(7-14)5-10(12)9-6-11(9)13(15)17-2/h3-5,9,11H,6H2,1-2H3. The van der Waals surface area contributed by atoms with Crippen molar-refractivity contribution >= 4 is 5.97 Å². The highest BCUT2D eigenvalue weighted by molar-refractivity contribution is 5.77. The summed E-state index contributed by atoms with van der Waals surface area (Å²) in [5.41, 5.74) is 1.50. The molecular weight excluding hydrogens is 218 g/mol. The fourth-order valence-corrected chi connectivity index (χ4v) is 2.04. The molecule has 0 aliphatic heterocycles. The van der Waals surface area contributed by atoms with Crippen LogP contribution in [-0.4, -0.2) is 20.2 Å². The third-order valence-corrected chi connectivity index (χ3v) is 3.05. The normalized spacial score (nSPS) is 21.5. The van der Waals surface area contributed by atoms with Crippen molar-refractivity contribution in [3.63, 3.8) is 0 Å². The Kier molecular flexibility index (Phi) is 3.01. The third kappa shape index (κ3) is 2.09. The van der Waals surface area contributed by atoms with Gasteiger partial charge in [0.1, 0.15) is 5.75 Å². The van der Waals surface area contributed by atoms with Gasteiger partial charge in [-0.2, -0.15) is 5.26 Å². The largest absolute Gasteiger partial charge is 0.496 e. The average molecular weight is 231 g/mol. The summed E-state index contributed by atoms with van der Waals surface area (Å²) < 4.78 is 9.96. The number of esters is 1. The summed E-state index contributed by atoms with van der Waals surface area (Å²) in [7, 11) is 2.97. The molecule has 17 heavy (non-hydrogen) atoms. The number of hydrogen-bond acceptors (Lipinski definition) is 4. The van der Waals surface area contributed by atoms with Gasteiger partial charge < -0.3 is 9.47 Å². The van der Waals surface area contributed by atoms with Crippen molar-refractivity contribution < 1.29 is 14.3 Å². The van der Waals surface area contributed by atoms with Gasteiger partial charge in [0.05, 0.1) is 31.8 Å². The lowest BCUT2D eigenvalue weighted by atomic mass is 10.0. The van der Waals surface area contributed by atoms with Gasteiger partial charge in [-0.1, -0.05) is 0 Å². The molecule has 2 unspecified atom stereocenters. The maximum atomic E-state index is 11.4. The minimum Gasteiger partial charge on any atom is -0.496 e. The van der Waals surface area contributed by atoms with Crippen LogP contribution in [0, 0.1) is 17.2 Å². The van der Waals surface area contributed by atoms with E-state index in [0.29, 0.717) is 5.56 Å². The Morgan fingerprint density at radius 3 is 2.82 bits per heavy atom. The predicted molar refractivity (Wildman–Crippen MR) is 60.6 cm³/mol. The van der Waals surface area contributed by atoms with Crippen LogP contribution in [0.1, 0.15) is 23.5 Å². The van der Waals surface area contributed by atoms with E-state index >= 15 is 0 Å². The zero-order valence-electron chi connectivity index (χ0n) is 9.77. The lowest BCUT2D eigenvalue weighted by Crippen LogP contribution is -2.04. The SMILES string of the molecule is COC(=O)C1CC1c1cc(C#N)ccc1OC. The van der Waals surface area contributed by atoms with E-state index in [0.717, 1.165) is 17.7 Å². The molecule has 1 aliphatic carbocycles. The van der Waals surface area contributed by atoms with Crippen LogP contribution in [0.3, 0.4) is 0 Å². The molecule has 88 valence electrons. The van der Waals surface area contributed by atoms with Gasteiger partial charge in [0.25, 0.3) is 0 Å². The molecule has 0 spiro atoms. The molecule has 1 saturated carbocycles. The van der Waals surface area contributed by atoms with Crippen molar-refractivity contribution in [2.75, 3.05) is 14.2 Å². The Hall–Kier alpha value is -2.02. The number of benzene rings is 1. The number of ether oxygens (including phenoxy) is 2. The molecule has 0 radical (unpaired) electrons. The van der Waals surface area contributed by atoms with E-state index in [2.05, 4.69) is 6.07 Å². The van der Waals surface area contributed by atoms with Crippen molar-refractivity contribution in [3.05, 3.63) is 29.3 Å². The average Bonchev–Trinajstić information content (AvgIpc) is 3.17. The second kappa shape index (κ2) is 4.46. The number of hydrogen-bond donors (Lipinski definition) is 0. The van der Waals surface area contributed by atoms with Crippen LogP contribution < -0.4 is 4.74 Å². The van der Waals surface area contributed by atoms with Gasteiger partial charge in [0, 0.05) is 5.92 Å². The summed E-state index contributed by atoms with van der Waals surface area (Å²) in [4.78, 5) is 11.4. The number of nitrogens with zero attached hydrogens (tertiary/aromatic N) is 1. The summed E-state index contributed by atoms with van der Waals surface area (Å²) in [6.45, 7) is 0. The zero-order chi connectivity index (χ0) is 12.4. The second-order valence-electron chi connectivity index (χ2n) is 4.04. The van der Waals surface area contributed by atoms with E-state index in [1.807, 2.05) is 0 Å². The molecule has 0 aromatic heterocycles. The molecule has 2 atom stereocenters. The highest BCUT2D eigenvalue weighted by atomic mass is 16.5. The molecule has 4 heteroatoms. The maximum Gasteiger partial charge on any atom is 0.309 e. The van der Waals surface area contributed by atoms with Crippen LogP contribution in [0.5, 0.6) is 5.75 Å². The lowest BCUT2D eigenvalue weighted by Gasteiger charge is -2.08. The minimum atomic E-state index is -0.195. The quantitative estimate of drug-likeness (QED) is 0.745. The molecule has 4 nitrogen and oxygen atoms in total. The number of methoxy groups -OCH3 is 2. The van der Waals surface area contributed by atoms with Gasteiger partial charge in [0.2, 0.25) is 0 Å². The summed E-state index contributed by atoms with van der Waals surface area (Å²) in [5, 5.41) is 8.87. The molecule has 1 aromatic rings. The fraction of sp³-hybridized carbons (Fsp3) is 0.385. The van der Waals surface area contributed by atoms with E-state index in [-0.39, 0.29) is 17.8 Å². The Balaban J connectivity index is 2.27. The summed E-state index contributed by atoms with van der Waals surface area (Å²) in [6.07, 6.45) is 0.762. The van der Waals surface area contributed by atoms with Crippen LogP contribution in [0.2, 0.25) is 0 Å². The molecule has 1 fully saturated rings. The minimum absolute atomic E-state index is 0.0946. The monoisotopic (exact) mass is 231 g/mol. The molecule has 0 bridgehead atoms. The van der Waals surface area contributed by atoms with Crippen LogP contribution >= 0.6 is 0 Å². The highest BCUT2D eigenvalue weighted by Gasteiger charge is 2.46. The van der Waals surface area contributed by atoms with Crippen LogP contribution in [0.15, 0.2) is 18.2 Å². The number of rotatable bonds is 3. The van der Waals surface area contributed by atoms with Crippen LogP contribution in [0.4, 0.5) is 0 Å². The van der Waals surface area contributed by atoms with Gasteiger partial charge >= 0.3 is 5.97 Å². The van der Waals surface area contributed by atoms with E-state index in [1.165, 1.54) is 7.11 Å². The Bertz CT molecular complexity index is 490. The fourth-order valence-electron chi connectivity index (χ4n) is 2.04. The van der Waals surface area contributed by atoms with Crippen molar-refractivity contribution in [3.8, 4) is 11.8 Å². The van der Waals surface area contributed by atoms with Crippen molar-refractivity contribution in [2.45, 2.75) is 12.3 Å². The first kappa shape index (κ1) is 11.5. The van der Waals surface area contributed by atoms with Crippen molar-refractivity contribution in [1.29, 1.82) is 5.26 Å². The molecule has 1 aliphatic rings. The summed E-state index contributed by atoms with van der Waals surface area (Å²) >= 11 is 0. The Morgan fingerprint density at radius 2 is 2.24 bits per heavy atom. The Morgan fingerprint density at radius 1 is 1.47 bits per heavy atom. The van der Waals surface area contributed by atoms with Gasteiger partial charge in [0.15, 0.2) is 0 Å². The molecule has 0 amide bonds. The van der Waals surface area contributed by atoms with Crippen LogP contribution in [-0.2, 0) is 9.53 Å². The van der Waals surface area contributed by atoms with E-state index < -0.39 is 0 Å². The van der Waals surface area contributed by atoms with Gasteiger partial charge in [-0.25, -0.2) is 0 Å². The topological polar surface area (TPSA) is 59.3 Å². The first-order chi connectivity index (χ1) is 8.21. The molecule has 1 aromatic carbocycles. The van der Waals surface area contributed by atoms with Crippen molar-refractivity contribution in [1.82, 2.24) is 0 Å². The van der Waals surface area contributed by atoms with Crippen LogP contribution in [0.25, 0.3) is 0 Å². The van der Waals surface area contributed by atoms with Gasteiger partial charge in [-0.15, -0.1) is 0 Å². The first-order valence-electron chi connectivity index (χ1n) is 5.37. The zero-order valence-corrected chi connectivity index (χ0v) is 9.77. The number of carbonyl (C=O) groups excluding carboxylic acids is 1. The summed E-state index contributed by atoms with van der Waals surface area (Å²) in [6, 6.07) is 7.34. The summed E-state index contributed by atoms with van der Waals surface area (Å²) in [5.74, 6) is 0.549. The highest BCUT2D eigenvalue weighted by Crippen LogP contribution is 2.51. The molecule has 2 rings (SSSR count). The lowest BCUT2D eigenvalue weighted by molar-refractivity contribution is -0.142. The maximum absolute atomic E-state index is 11.4. The van der Waals surface area contributed by atoms with Crippen molar-refractivity contribution in [2.24, 2.45) is 5.92 Å². The molecule has 0 N–H and O–H groups in total. The van der Waals surface area contributed by atoms with Gasteiger partial charge in [-0.05, 0) is 30.2 Å². The number of nitriles is 1. The van der Waals surface area contributed by atoms with E-state index in [4.69, 9.17) is 14.7 Å². The molecule has 0 heterocycles. The van der Waals surface area contributed by atoms with Gasteiger partial charge in [-0.3, -0.25) is 4.79 Å². The predicted octanol–water partition coefficient (Wildman–Crippen LogP) is 1.84.